The molecule has 0 fully saturated rings. The summed E-state index contributed by atoms with van der Waals surface area (Å²) >= 11 is 0. The average Bonchev–Trinajstić information content (AvgIpc) is 3.52. The van der Waals surface area contributed by atoms with Crippen molar-refractivity contribution in [1.29, 1.82) is 0 Å². The van der Waals surface area contributed by atoms with Crippen molar-refractivity contribution in [3.8, 4) is 0 Å². The molecule has 514 valence electrons. The second-order valence-electron chi connectivity index (χ2n) is 26.8. The minimum atomic E-state index is -4.71. The van der Waals surface area contributed by atoms with Crippen LogP contribution >= 0.6 is 7.82 Å². The van der Waals surface area contributed by atoms with E-state index < -0.39 is 20.0 Å². The van der Waals surface area contributed by atoms with E-state index in [2.05, 4.69) is 86.8 Å². The van der Waals surface area contributed by atoms with Crippen LogP contribution in [0.3, 0.4) is 0 Å². The zero-order valence-electron chi connectivity index (χ0n) is 58.9. The standard InChI is InChI=1S/C78H145N2O7P/c1-7-10-13-16-19-22-25-28-30-32-34-36-38-40-42-44-46-48-50-52-55-58-61-64-67-70-77(81)79-75(74-86-88(83,84)85-73-72-80(4,5)6)76(69-66-63-60-57-54-27-24-21-18-15-12-9-3)87-78(82)71-68-65-62-59-56-53-51-49-47-45-43-41-39-37-35-33-31-29-26-23-20-17-14-11-8-2/h20,23,28-31,35,37,41,43,66,69,75-76H,7-19,21-22,24-27,32-34,36,38-40,42,44-65,67-68,70-74H2,1-6H3,(H-,79,81,83,84)/b23-20-,30-28+,31-29-,37-35-,43-41-,69-66+. The summed E-state index contributed by atoms with van der Waals surface area (Å²) in [4.78, 5) is 40.3. The van der Waals surface area contributed by atoms with Gasteiger partial charge in [0.25, 0.3) is 7.82 Å². The number of amides is 1. The molecule has 0 aromatic heterocycles. The number of phosphoric acid groups is 1. The SMILES string of the molecule is CCCCC/C=C\C/C=C\C/C=C\C/C=C\CCCCCCCCCCCC(=O)OC(/C=C/CCCCCCCCCCCC)C(COP(=O)([O-])OCC[N+](C)(C)C)NC(=O)CCCCCCCCCCCCCCCCC/C=C/CCCCCCCC. The number of nitrogens with zero attached hydrogens (tertiary/aromatic N) is 1. The number of nitrogens with one attached hydrogen (secondary N) is 1. The van der Waals surface area contributed by atoms with E-state index in [0.29, 0.717) is 17.4 Å². The highest BCUT2D eigenvalue weighted by molar-refractivity contribution is 7.45. The van der Waals surface area contributed by atoms with E-state index in [1.165, 1.54) is 238 Å². The molecule has 1 N–H and O–H groups in total. The van der Waals surface area contributed by atoms with Gasteiger partial charge in [0.1, 0.15) is 19.3 Å². The second kappa shape index (κ2) is 67.3. The lowest BCUT2D eigenvalue weighted by Gasteiger charge is -2.30. The normalized spacial score (nSPS) is 13.9. The highest BCUT2D eigenvalue weighted by Gasteiger charge is 2.27. The van der Waals surface area contributed by atoms with Crippen LogP contribution in [-0.4, -0.2) is 69.4 Å². The van der Waals surface area contributed by atoms with Crippen LogP contribution in [0.5, 0.6) is 0 Å². The quantitative estimate of drug-likeness (QED) is 0.0212. The molecule has 88 heavy (non-hydrogen) atoms. The molecule has 0 aromatic rings. The number of unbranched alkanes of at least 4 members (excludes halogenated alkanes) is 43. The number of esters is 1. The van der Waals surface area contributed by atoms with Crippen molar-refractivity contribution in [2.75, 3.05) is 40.9 Å². The molecule has 0 aliphatic rings. The summed E-state index contributed by atoms with van der Waals surface area (Å²) in [6, 6.07) is -0.894. The van der Waals surface area contributed by atoms with Crippen molar-refractivity contribution in [2.24, 2.45) is 0 Å². The Morgan fingerprint density at radius 3 is 1.07 bits per heavy atom. The number of allylic oxidation sites excluding steroid dienone is 11. The van der Waals surface area contributed by atoms with E-state index >= 15 is 0 Å². The van der Waals surface area contributed by atoms with Gasteiger partial charge in [-0.05, 0) is 102 Å². The van der Waals surface area contributed by atoms with Crippen LogP contribution in [0.25, 0.3) is 0 Å². The zero-order valence-corrected chi connectivity index (χ0v) is 59.8. The Morgan fingerprint density at radius 1 is 0.398 bits per heavy atom. The minimum Gasteiger partial charge on any atom is -0.756 e. The van der Waals surface area contributed by atoms with E-state index in [0.717, 1.165) is 89.9 Å². The molecule has 0 heterocycles. The number of carbonyl (C=O) groups excluding carboxylic acids is 2. The molecule has 0 radical (unpaired) electrons. The molecule has 1 amide bonds. The maximum Gasteiger partial charge on any atom is 0.306 e. The van der Waals surface area contributed by atoms with Gasteiger partial charge in [0.15, 0.2) is 0 Å². The summed E-state index contributed by atoms with van der Waals surface area (Å²) in [7, 11) is 1.19. The fourth-order valence-electron chi connectivity index (χ4n) is 11.0. The molecule has 0 aliphatic heterocycles. The van der Waals surface area contributed by atoms with Gasteiger partial charge in [-0.15, -0.1) is 0 Å². The fourth-order valence-corrected chi connectivity index (χ4v) is 11.8. The molecule has 3 unspecified atom stereocenters. The molecule has 0 aliphatic carbocycles. The maximum atomic E-state index is 13.6. The Morgan fingerprint density at radius 2 is 0.693 bits per heavy atom. The highest BCUT2D eigenvalue weighted by Crippen LogP contribution is 2.38. The number of carbonyl (C=O) groups is 2. The van der Waals surface area contributed by atoms with Gasteiger partial charge in [0, 0.05) is 12.8 Å². The smallest absolute Gasteiger partial charge is 0.306 e. The number of phosphoric ester groups is 1. The first kappa shape index (κ1) is 85.5. The number of rotatable bonds is 69. The summed E-state index contributed by atoms with van der Waals surface area (Å²) in [5.74, 6) is -0.535. The summed E-state index contributed by atoms with van der Waals surface area (Å²) < 4.78 is 30.5. The average molecular weight is 1250 g/mol. The molecule has 0 rings (SSSR count). The molecule has 3 atom stereocenters. The Labute approximate surface area is 546 Å². The van der Waals surface area contributed by atoms with Crippen molar-refractivity contribution in [3.05, 3.63) is 72.9 Å². The lowest BCUT2D eigenvalue weighted by molar-refractivity contribution is -0.870. The number of hydrogen-bond acceptors (Lipinski definition) is 7. The van der Waals surface area contributed by atoms with Crippen LogP contribution in [-0.2, 0) is 27.9 Å². The summed E-state index contributed by atoms with van der Waals surface area (Å²) in [6.45, 7) is 6.85. The van der Waals surface area contributed by atoms with Crippen LogP contribution in [0.2, 0.25) is 0 Å². The van der Waals surface area contributed by atoms with Gasteiger partial charge in [0.05, 0.1) is 33.8 Å². The van der Waals surface area contributed by atoms with Crippen molar-refractivity contribution >= 4 is 19.7 Å². The lowest BCUT2D eigenvalue weighted by atomic mass is 10.0. The first-order valence-electron chi connectivity index (χ1n) is 37.7. The summed E-state index contributed by atoms with van der Waals surface area (Å²) in [5, 5.41) is 3.05. The van der Waals surface area contributed by atoms with Gasteiger partial charge in [-0.1, -0.05) is 319 Å². The van der Waals surface area contributed by atoms with Gasteiger partial charge in [0.2, 0.25) is 5.91 Å². The Balaban J connectivity index is 5.00. The molecule has 10 heteroatoms. The topological polar surface area (TPSA) is 114 Å². The molecule has 9 nitrogen and oxygen atoms in total. The van der Waals surface area contributed by atoms with E-state index in [1.807, 2.05) is 33.3 Å². The Kier molecular flexibility index (Phi) is 65.4. The van der Waals surface area contributed by atoms with E-state index in [9.17, 15) is 19.0 Å². The van der Waals surface area contributed by atoms with Crippen LogP contribution in [0.1, 0.15) is 361 Å². The Bertz CT molecular complexity index is 1730. The molecule has 0 saturated carbocycles. The van der Waals surface area contributed by atoms with E-state index in [-0.39, 0.29) is 31.5 Å². The molecule has 0 aromatic carbocycles. The second-order valence-corrected chi connectivity index (χ2v) is 28.2. The van der Waals surface area contributed by atoms with E-state index in [1.54, 1.807) is 0 Å². The number of likely N-dealkylation sites (N-methyl/N-ethyl adjacent to an activating group) is 1. The number of quaternary nitrogens is 1. The van der Waals surface area contributed by atoms with Gasteiger partial charge >= 0.3 is 5.97 Å². The fraction of sp³-hybridized carbons (Fsp3) is 0.821. The monoisotopic (exact) mass is 1250 g/mol. The number of hydrogen-bond donors (Lipinski definition) is 1. The maximum absolute atomic E-state index is 13.6. The highest BCUT2D eigenvalue weighted by atomic mass is 31.2. The Hall–Kier alpha value is -2.55. The predicted molar refractivity (Wildman–Crippen MR) is 381 cm³/mol. The van der Waals surface area contributed by atoms with Crippen molar-refractivity contribution in [3.63, 3.8) is 0 Å². The van der Waals surface area contributed by atoms with E-state index in [4.69, 9.17) is 13.8 Å². The van der Waals surface area contributed by atoms with Crippen LogP contribution in [0.4, 0.5) is 0 Å². The van der Waals surface area contributed by atoms with Crippen molar-refractivity contribution in [1.82, 2.24) is 5.32 Å². The first-order valence-corrected chi connectivity index (χ1v) is 39.2. The molecular formula is C78H145N2O7P. The molecular weight excluding hydrogens is 1110 g/mol. The van der Waals surface area contributed by atoms with Gasteiger partial charge in [-0.3, -0.25) is 14.2 Å². The van der Waals surface area contributed by atoms with Crippen molar-refractivity contribution in [2.45, 2.75) is 373 Å². The first-order chi connectivity index (χ1) is 42.9. The summed E-state index contributed by atoms with van der Waals surface area (Å²) in [5.41, 5.74) is 0. The van der Waals surface area contributed by atoms with Gasteiger partial charge in [-0.2, -0.15) is 0 Å². The molecule has 0 spiro atoms. The van der Waals surface area contributed by atoms with Crippen molar-refractivity contribution < 1.29 is 37.3 Å². The third-order valence-corrected chi connectivity index (χ3v) is 17.8. The largest absolute Gasteiger partial charge is 0.756 e. The van der Waals surface area contributed by atoms with Gasteiger partial charge in [-0.25, -0.2) is 0 Å². The lowest BCUT2D eigenvalue weighted by Crippen LogP contribution is -2.47. The third-order valence-electron chi connectivity index (χ3n) is 16.9. The van der Waals surface area contributed by atoms with Crippen LogP contribution in [0.15, 0.2) is 72.9 Å². The predicted octanol–water partition coefficient (Wildman–Crippen LogP) is 23.7. The van der Waals surface area contributed by atoms with Gasteiger partial charge < -0.3 is 28.5 Å². The third kappa shape index (κ3) is 67.8. The van der Waals surface area contributed by atoms with Crippen LogP contribution in [0, 0.1) is 0 Å². The molecule has 0 bridgehead atoms. The molecule has 0 saturated heterocycles. The number of ether oxygens (including phenoxy) is 1. The van der Waals surface area contributed by atoms with Crippen LogP contribution < -0.4 is 10.2 Å². The summed E-state index contributed by atoms with van der Waals surface area (Å²) in [6.07, 6.45) is 88.9. The minimum absolute atomic E-state index is 0.0239. The zero-order chi connectivity index (χ0) is 64.2.